The number of carbonyl (C=O) groups excluding carboxylic acids is 1. The topological polar surface area (TPSA) is 99.2 Å². The molecule has 3 aliphatic rings. The molecule has 0 spiro atoms. The van der Waals surface area contributed by atoms with E-state index >= 15 is 0 Å². The second-order valence-electron chi connectivity index (χ2n) is 11.7. The lowest BCUT2D eigenvalue weighted by Gasteiger charge is -2.37. The zero-order chi connectivity index (χ0) is 28.3. The Morgan fingerprint density at radius 2 is 1.77 bits per heavy atom. The summed E-state index contributed by atoms with van der Waals surface area (Å²) in [5, 5.41) is 14.0. The minimum atomic E-state index is -0.367. The van der Waals surface area contributed by atoms with E-state index in [0.29, 0.717) is 18.2 Å². The predicted octanol–water partition coefficient (Wildman–Crippen LogP) is 6.16. The highest BCUT2D eigenvalue weighted by molar-refractivity contribution is 5.70. The fourth-order valence-electron chi connectivity index (χ4n) is 5.85. The Morgan fingerprint density at radius 1 is 1.00 bits per heavy atom. The highest BCUT2D eigenvalue weighted by Crippen LogP contribution is 2.33. The van der Waals surface area contributed by atoms with E-state index in [0.717, 1.165) is 44.1 Å². The first-order valence-corrected chi connectivity index (χ1v) is 14.9. The standard InChI is InChI=1S/C32H46N4O4/c1-5-25-18-28-20-27-12-9-11-26(38-27)16-23(3)14-15-24(4)30(40-32(37)21-29(19-25)39-28)13-8-6-7-10-22(2)17-31-33-35-36-34-31/h5-8,10,13-15,23-24,26-30H,9,11-12,16-21H2,1-4H3,(H,33,34,35,36)/b7-6-,13-8+,15-14+,22-10+,25-5-. The molecule has 8 heteroatoms. The lowest BCUT2D eigenvalue weighted by Crippen LogP contribution is -2.37. The second kappa shape index (κ2) is 15.2. The van der Waals surface area contributed by atoms with Gasteiger partial charge in [-0.1, -0.05) is 72.7 Å². The van der Waals surface area contributed by atoms with Crippen molar-refractivity contribution in [2.75, 3.05) is 0 Å². The summed E-state index contributed by atoms with van der Waals surface area (Å²) < 4.78 is 19.1. The number of rotatable bonds is 5. The summed E-state index contributed by atoms with van der Waals surface area (Å²) in [6.07, 6.45) is 24.5. The van der Waals surface area contributed by atoms with Gasteiger partial charge in [0.1, 0.15) is 6.10 Å². The number of H-pyrrole nitrogens is 1. The molecule has 0 saturated carbocycles. The number of nitrogens with zero attached hydrogens (tertiary/aromatic N) is 3. The van der Waals surface area contributed by atoms with E-state index in [-0.39, 0.29) is 48.8 Å². The van der Waals surface area contributed by atoms with Crippen LogP contribution >= 0.6 is 0 Å². The number of hydrogen-bond donors (Lipinski definition) is 1. The average molecular weight is 551 g/mol. The number of cyclic esters (lactones) is 1. The van der Waals surface area contributed by atoms with Crippen LogP contribution in [0.1, 0.15) is 84.9 Å². The number of tetrazole rings is 1. The minimum Gasteiger partial charge on any atom is -0.457 e. The molecule has 0 aromatic carbocycles. The van der Waals surface area contributed by atoms with E-state index < -0.39 is 0 Å². The third-order valence-electron chi connectivity index (χ3n) is 8.02. The van der Waals surface area contributed by atoms with Gasteiger partial charge in [0.25, 0.3) is 0 Å². The van der Waals surface area contributed by atoms with Crippen LogP contribution in [0.3, 0.4) is 0 Å². The van der Waals surface area contributed by atoms with E-state index in [9.17, 15) is 4.79 Å². The third-order valence-corrected chi connectivity index (χ3v) is 8.02. The molecule has 0 radical (unpaired) electrons. The van der Waals surface area contributed by atoms with Gasteiger partial charge in [0.15, 0.2) is 5.82 Å². The zero-order valence-electron chi connectivity index (χ0n) is 24.5. The van der Waals surface area contributed by atoms with Crippen LogP contribution in [0.4, 0.5) is 0 Å². The van der Waals surface area contributed by atoms with Crippen molar-refractivity contribution in [1.82, 2.24) is 20.6 Å². The quantitative estimate of drug-likeness (QED) is 0.266. The number of allylic oxidation sites excluding steroid dienone is 7. The van der Waals surface area contributed by atoms with Gasteiger partial charge >= 0.3 is 5.97 Å². The van der Waals surface area contributed by atoms with Crippen molar-refractivity contribution in [2.45, 2.75) is 116 Å². The first kappa shape index (κ1) is 30.1. The van der Waals surface area contributed by atoms with Gasteiger partial charge in [0, 0.05) is 18.8 Å². The fourth-order valence-corrected chi connectivity index (χ4v) is 5.85. The summed E-state index contributed by atoms with van der Waals surface area (Å²) >= 11 is 0. The molecular weight excluding hydrogens is 504 g/mol. The molecule has 0 aliphatic carbocycles. The molecule has 8 nitrogen and oxygen atoms in total. The van der Waals surface area contributed by atoms with Gasteiger partial charge < -0.3 is 14.2 Å². The highest BCUT2D eigenvalue weighted by atomic mass is 16.5. The van der Waals surface area contributed by atoms with E-state index in [1.54, 1.807) is 0 Å². The first-order valence-electron chi connectivity index (χ1n) is 14.9. The number of hydrogen-bond acceptors (Lipinski definition) is 7. The number of carbonyl (C=O) groups is 1. The number of fused-ring (bicyclic) bond motifs is 4. The summed E-state index contributed by atoms with van der Waals surface area (Å²) in [4.78, 5) is 13.1. The van der Waals surface area contributed by atoms with Gasteiger partial charge in [-0.2, -0.15) is 5.21 Å². The van der Waals surface area contributed by atoms with Gasteiger partial charge in [-0.25, -0.2) is 0 Å². The Labute approximate surface area is 239 Å². The summed E-state index contributed by atoms with van der Waals surface area (Å²) in [5.41, 5.74) is 2.48. The molecule has 1 N–H and O–H groups in total. The molecule has 218 valence electrons. The number of aromatic nitrogens is 4. The molecule has 7 atom stereocenters. The first-order chi connectivity index (χ1) is 19.4. The molecule has 0 amide bonds. The van der Waals surface area contributed by atoms with Crippen molar-refractivity contribution in [1.29, 1.82) is 0 Å². The highest BCUT2D eigenvalue weighted by Gasteiger charge is 2.32. The van der Waals surface area contributed by atoms with E-state index in [2.05, 4.69) is 59.6 Å². The van der Waals surface area contributed by atoms with Crippen molar-refractivity contribution < 1.29 is 19.0 Å². The zero-order valence-corrected chi connectivity index (χ0v) is 24.5. The van der Waals surface area contributed by atoms with Crippen LogP contribution in [0.5, 0.6) is 0 Å². The SMILES string of the molecule is C/C=C1\CC2CC(=O)OC(/C=C/C=C\C=C(/C)Cc3nn[nH]n3)C(C)/C=C/C(C)CC3CCCC(CC(C1)O2)O3. The van der Waals surface area contributed by atoms with Crippen LogP contribution in [0.25, 0.3) is 0 Å². The lowest BCUT2D eigenvalue weighted by molar-refractivity contribution is -0.154. The van der Waals surface area contributed by atoms with Gasteiger partial charge in [-0.05, 0) is 64.4 Å². The Morgan fingerprint density at radius 3 is 2.55 bits per heavy atom. The number of ether oxygens (including phenoxy) is 3. The molecule has 3 aliphatic heterocycles. The number of esters is 1. The molecule has 4 heterocycles. The number of aromatic amines is 1. The lowest BCUT2D eigenvalue weighted by atomic mass is 9.90. The van der Waals surface area contributed by atoms with Crippen LogP contribution in [0.15, 0.2) is 59.8 Å². The van der Waals surface area contributed by atoms with E-state index in [1.807, 2.05) is 37.3 Å². The normalized spacial score (nSPS) is 34.8. The van der Waals surface area contributed by atoms with Gasteiger partial charge in [0.2, 0.25) is 0 Å². The van der Waals surface area contributed by atoms with Crippen LogP contribution in [-0.4, -0.2) is 57.1 Å². The van der Waals surface area contributed by atoms with Crippen molar-refractivity contribution in [3.8, 4) is 0 Å². The van der Waals surface area contributed by atoms with Crippen LogP contribution in [-0.2, 0) is 25.4 Å². The largest absolute Gasteiger partial charge is 0.457 e. The van der Waals surface area contributed by atoms with E-state index in [1.165, 1.54) is 12.0 Å². The minimum absolute atomic E-state index is 0.0330. The van der Waals surface area contributed by atoms with Crippen molar-refractivity contribution in [3.05, 3.63) is 65.6 Å². The third kappa shape index (κ3) is 9.66. The summed E-state index contributed by atoms with van der Waals surface area (Å²) in [5.74, 6) is 0.863. The Kier molecular flexibility index (Phi) is 11.5. The molecule has 1 aromatic rings. The average Bonchev–Trinajstić information content (AvgIpc) is 3.43. The number of nitrogens with one attached hydrogen (secondary N) is 1. The fraction of sp³-hybridized carbons (Fsp3) is 0.625. The summed E-state index contributed by atoms with van der Waals surface area (Å²) in [6, 6.07) is 0. The maximum absolute atomic E-state index is 13.1. The molecule has 4 rings (SSSR count). The molecule has 2 saturated heterocycles. The summed E-state index contributed by atoms with van der Waals surface area (Å²) in [7, 11) is 0. The van der Waals surface area contributed by atoms with Crippen LogP contribution in [0.2, 0.25) is 0 Å². The maximum Gasteiger partial charge on any atom is 0.309 e. The smallest absolute Gasteiger partial charge is 0.309 e. The predicted molar refractivity (Wildman–Crippen MR) is 155 cm³/mol. The Balaban J connectivity index is 1.46. The van der Waals surface area contributed by atoms with Crippen molar-refractivity contribution >= 4 is 5.97 Å². The monoisotopic (exact) mass is 550 g/mol. The second-order valence-corrected chi connectivity index (χ2v) is 11.7. The van der Waals surface area contributed by atoms with Crippen LogP contribution < -0.4 is 0 Å². The summed E-state index contributed by atoms with van der Waals surface area (Å²) in [6.45, 7) is 8.45. The van der Waals surface area contributed by atoms with Crippen molar-refractivity contribution in [2.24, 2.45) is 11.8 Å². The molecular formula is C32H46N4O4. The Hall–Kier alpha value is -2.84. The van der Waals surface area contributed by atoms with Gasteiger partial charge in [0.05, 0.1) is 30.8 Å². The van der Waals surface area contributed by atoms with E-state index in [4.69, 9.17) is 14.2 Å². The van der Waals surface area contributed by atoms with Crippen molar-refractivity contribution in [3.63, 3.8) is 0 Å². The molecule has 7 unspecified atom stereocenters. The molecule has 4 bridgehead atoms. The molecule has 1 aromatic heterocycles. The van der Waals surface area contributed by atoms with Crippen LogP contribution in [0, 0.1) is 11.8 Å². The molecule has 40 heavy (non-hydrogen) atoms. The van der Waals surface area contributed by atoms with Gasteiger partial charge in [-0.15, -0.1) is 10.2 Å². The van der Waals surface area contributed by atoms with Gasteiger partial charge in [-0.3, -0.25) is 4.79 Å². The Bertz CT molecular complexity index is 1090. The maximum atomic E-state index is 13.1. The molecule has 2 fully saturated rings.